The van der Waals surface area contributed by atoms with E-state index in [0.29, 0.717) is 17.2 Å². The summed E-state index contributed by atoms with van der Waals surface area (Å²) in [6, 6.07) is 10.9. The number of carbonyl (C=O) groups is 1. The topological polar surface area (TPSA) is 35.5 Å². The quantitative estimate of drug-likeness (QED) is 0.569. The fourth-order valence-corrected chi connectivity index (χ4v) is 2.96. The number of ketones is 1. The number of allylic oxidation sites excluding steroid dienone is 1. The Bertz CT molecular complexity index is 795. The van der Waals surface area contributed by atoms with E-state index in [1.165, 1.54) is 6.08 Å². The number of rotatable bonds is 5. The summed E-state index contributed by atoms with van der Waals surface area (Å²) >= 11 is 5.94. The molecule has 4 heteroatoms. The summed E-state index contributed by atoms with van der Waals surface area (Å²) in [5.74, 6) is 1.53. The van der Waals surface area contributed by atoms with Crippen LogP contribution >= 0.6 is 11.6 Å². The summed E-state index contributed by atoms with van der Waals surface area (Å²) in [4.78, 5) is 12.3. The third kappa shape index (κ3) is 3.62. The van der Waals surface area contributed by atoms with Crippen LogP contribution in [-0.4, -0.2) is 18.5 Å². The molecule has 0 saturated carbocycles. The molecular formula is C20H19ClO3. The lowest BCUT2D eigenvalue weighted by Crippen LogP contribution is -2.05. The molecule has 0 aromatic heterocycles. The van der Waals surface area contributed by atoms with Crippen molar-refractivity contribution in [1.29, 1.82) is 0 Å². The molecule has 3 rings (SSSR count). The first-order chi connectivity index (χ1) is 11.6. The zero-order chi connectivity index (χ0) is 17.1. The number of hydrogen-bond donors (Lipinski definition) is 0. The fourth-order valence-electron chi connectivity index (χ4n) is 2.77. The van der Waals surface area contributed by atoms with Gasteiger partial charge in [0.1, 0.15) is 17.6 Å². The van der Waals surface area contributed by atoms with Gasteiger partial charge in [0.15, 0.2) is 5.78 Å². The van der Waals surface area contributed by atoms with Gasteiger partial charge in [0.2, 0.25) is 0 Å². The van der Waals surface area contributed by atoms with Crippen molar-refractivity contribution in [2.75, 3.05) is 6.61 Å². The summed E-state index contributed by atoms with van der Waals surface area (Å²) < 4.78 is 11.5. The van der Waals surface area contributed by atoms with E-state index in [4.69, 9.17) is 21.1 Å². The number of fused-ring (bicyclic) bond motifs is 1. The van der Waals surface area contributed by atoms with Crippen molar-refractivity contribution in [3.05, 3.63) is 64.2 Å². The molecule has 0 radical (unpaired) electrons. The second kappa shape index (κ2) is 7.10. The van der Waals surface area contributed by atoms with Gasteiger partial charge in [0.05, 0.1) is 6.61 Å². The summed E-state index contributed by atoms with van der Waals surface area (Å²) in [5, 5.41) is 0.546. The predicted octanol–water partition coefficient (Wildman–Crippen LogP) is 4.96. The Balaban J connectivity index is 1.88. The first-order valence-corrected chi connectivity index (χ1v) is 8.39. The second-order valence-electron chi connectivity index (χ2n) is 5.77. The minimum atomic E-state index is -0.102. The van der Waals surface area contributed by atoms with Gasteiger partial charge in [-0.05, 0) is 50.3 Å². The second-order valence-corrected chi connectivity index (χ2v) is 6.21. The van der Waals surface area contributed by atoms with Crippen molar-refractivity contribution in [1.82, 2.24) is 0 Å². The molecule has 1 aliphatic rings. The molecule has 0 bridgehead atoms. The molecule has 0 aliphatic carbocycles. The average Bonchev–Trinajstić information content (AvgIpc) is 2.91. The third-order valence-electron chi connectivity index (χ3n) is 3.85. The van der Waals surface area contributed by atoms with Gasteiger partial charge in [0, 0.05) is 28.1 Å². The van der Waals surface area contributed by atoms with Gasteiger partial charge in [-0.15, -0.1) is 0 Å². The van der Waals surface area contributed by atoms with Crippen LogP contribution < -0.4 is 9.47 Å². The van der Waals surface area contributed by atoms with E-state index in [1.807, 2.05) is 26.0 Å². The van der Waals surface area contributed by atoms with E-state index in [-0.39, 0.29) is 11.9 Å². The minimum absolute atomic E-state index is 0.102. The van der Waals surface area contributed by atoms with E-state index in [2.05, 4.69) is 0 Å². The van der Waals surface area contributed by atoms with Crippen LogP contribution in [0.5, 0.6) is 11.5 Å². The van der Waals surface area contributed by atoms with Crippen LogP contribution in [0.4, 0.5) is 0 Å². The van der Waals surface area contributed by atoms with Crippen LogP contribution in [-0.2, 0) is 6.42 Å². The third-order valence-corrected chi connectivity index (χ3v) is 4.09. The summed E-state index contributed by atoms with van der Waals surface area (Å²) in [6.07, 6.45) is 4.34. The number of benzene rings is 2. The molecule has 1 heterocycles. The Kier molecular flexibility index (Phi) is 4.91. The molecule has 124 valence electrons. The number of hydrogen-bond acceptors (Lipinski definition) is 3. The highest BCUT2D eigenvalue weighted by Gasteiger charge is 2.21. The van der Waals surface area contributed by atoms with E-state index in [0.717, 1.165) is 29.0 Å². The Labute approximate surface area is 146 Å². The van der Waals surface area contributed by atoms with Crippen molar-refractivity contribution in [3.8, 4) is 11.5 Å². The minimum Gasteiger partial charge on any atom is -0.493 e. The molecule has 0 spiro atoms. The lowest BCUT2D eigenvalue weighted by atomic mass is 10.0. The van der Waals surface area contributed by atoms with Gasteiger partial charge in [-0.2, -0.15) is 0 Å². The lowest BCUT2D eigenvalue weighted by molar-refractivity contribution is 0.104. The van der Waals surface area contributed by atoms with Crippen LogP contribution in [0.3, 0.4) is 0 Å². The van der Waals surface area contributed by atoms with Crippen molar-refractivity contribution < 1.29 is 14.3 Å². The Morgan fingerprint density at radius 1 is 1.38 bits per heavy atom. The number of halogens is 1. The van der Waals surface area contributed by atoms with E-state index in [1.54, 1.807) is 30.3 Å². The standard InChI is InChI=1S/C20H19ClO3/c1-3-23-19-12-16-9-13(2)24-20(16)11-15(19)7-8-18(22)14-5-4-6-17(21)10-14/h4-8,10-13H,3,9H2,1-2H3/b8-7+/t13-/m0/s1. The van der Waals surface area contributed by atoms with Gasteiger partial charge in [-0.1, -0.05) is 23.7 Å². The summed E-state index contributed by atoms with van der Waals surface area (Å²) in [7, 11) is 0. The molecule has 2 aromatic carbocycles. The fraction of sp³-hybridized carbons (Fsp3) is 0.250. The van der Waals surface area contributed by atoms with Crippen LogP contribution in [0.2, 0.25) is 5.02 Å². The van der Waals surface area contributed by atoms with Crippen LogP contribution in [0.15, 0.2) is 42.5 Å². The van der Waals surface area contributed by atoms with E-state index in [9.17, 15) is 4.79 Å². The predicted molar refractivity (Wildman–Crippen MR) is 96.2 cm³/mol. The Hall–Kier alpha value is -2.26. The van der Waals surface area contributed by atoms with Gasteiger partial charge < -0.3 is 9.47 Å². The SMILES string of the molecule is CCOc1cc2c(cc1/C=C/C(=O)c1cccc(Cl)c1)O[C@@H](C)C2. The Morgan fingerprint density at radius 3 is 2.96 bits per heavy atom. The molecular weight excluding hydrogens is 324 g/mol. The highest BCUT2D eigenvalue weighted by molar-refractivity contribution is 6.31. The number of carbonyl (C=O) groups excluding carboxylic acids is 1. The molecule has 1 atom stereocenters. The van der Waals surface area contributed by atoms with Crippen molar-refractivity contribution in [2.45, 2.75) is 26.4 Å². The van der Waals surface area contributed by atoms with Crippen molar-refractivity contribution >= 4 is 23.5 Å². The number of ether oxygens (including phenoxy) is 2. The highest BCUT2D eigenvalue weighted by Crippen LogP contribution is 2.35. The van der Waals surface area contributed by atoms with Crippen LogP contribution in [0.1, 0.15) is 35.3 Å². The van der Waals surface area contributed by atoms with Crippen molar-refractivity contribution in [3.63, 3.8) is 0 Å². The zero-order valence-corrected chi connectivity index (χ0v) is 14.5. The van der Waals surface area contributed by atoms with E-state index < -0.39 is 0 Å². The van der Waals surface area contributed by atoms with Gasteiger partial charge in [-0.25, -0.2) is 0 Å². The normalized spacial score (nSPS) is 16.0. The monoisotopic (exact) mass is 342 g/mol. The smallest absolute Gasteiger partial charge is 0.185 e. The van der Waals surface area contributed by atoms with Gasteiger partial charge in [0.25, 0.3) is 0 Å². The molecule has 0 fully saturated rings. The Morgan fingerprint density at radius 2 is 2.21 bits per heavy atom. The molecule has 0 unspecified atom stereocenters. The zero-order valence-electron chi connectivity index (χ0n) is 13.7. The van der Waals surface area contributed by atoms with Gasteiger partial charge >= 0.3 is 0 Å². The maximum atomic E-state index is 12.3. The van der Waals surface area contributed by atoms with Crippen molar-refractivity contribution in [2.24, 2.45) is 0 Å². The highest BCUT2D eigenvalue weighted by atomic mass is 35.5. The largest absolute Gasteiger partial charge is 0.493 e. The lowest BCUT2D eigenvalue weighted by Gasteiger charge is -2.10. The van der Waals surface area contributed by atoms with Crippen LogP contribution in [0.25, 0.3) is 6.08 Å². The van der Waals surface area contributed by atoms with Crippen LogP contribution in [0, 0.1) is 0 Å². The molecule has 1 aliphatic heterocycles. The molecule has 3 nitrogen and oxygen atoms in total. The summed E-state index contributed by atoms with van der Waals surface area (Å²) in [5.41, 5.74) is 2.53. The molecule has 24 heavy (non-hydrogen) atoms. The molecule has 0 amide bonds. The summed E-state index contributed by atoms with van der Waals surface area (Å²) in [6.45, 7) is 4.55. The van der Waals surface area contributed by atoms with E-state index >= 15 is 0 Å². The first kappa shape index (κ1) is 16.6. The maximum absolute atomic E-state index is 12.3. The molecule has 0 N–H and O–H groups in total. The average molecular weight is 343 g/mol. The molecule has 0 saturated heterocycles. The maximum Gasteiger partial charge on any atom is 0.185 e. The molecule has 2 aromatic rings. The van der Waals surface area contributed by atoms with Gasteiger partial charge in [-0.3, -0.25) is 4.79 Å². The first-order valence-electron chi connectivity index (χ1n) is 8.01.